The van der Waals surface area contributed by atoms with E-state index in [0.29, 0.717) is 0 Å². The molecule has 0 saturated carbocycles. The summed E-state index contributed by atoms with van der Waals surface area (Å²) in [5.41, 5.74) is 2.14. The highest BCUT2D eigenvalue weighted by molar-refractivity contribution is 5.28. The highest BCUT2D eigenvalue weighted by Gasteiger charge is 2.22. The SMILES string of the molecule is Cc1ccc(C(C)(C)Oc2ccccc2)cc1. The summed E-state index contributed by atoms with van der Waals surface area (Å²) in [5, 5.41) is 0. The fourth-order valence-corrected chi connectivity index (χ4v) is 1.80. The Bertz CT molecular complexity index is 469. The molecule has 0 unspecified atom stereocenters. The summed E-state index contributed by atoms with van der Waals surface area (Å²) < 4.78 is 6.03. The quantitative estimate of drug-likeness (QED) is 0.757. The number of aryl methyl sites for hydroxylation is 1. The Hall–Kier alpha value is -1.76. The number of rotatable bonds is 3. The Morgan fingerprint density at radius 2 is 1.41 bits per heavy atom. The molecule has 0 aliphatic rings. The van der Waals surface area contributed by atoms with Crippen LogP contribution in [0.5, 0.6) is 5.75 Å². The molecule has 0 radical (unpaired) electrons. The molecule has 0 spiro atoms. The number of hydrogen-bond acceptors (Lipinski definition) is 1. The van der Waals surface area contributed by atoms with Crippen molar-refractivity contribution in [2.24, 2.45) is 0 Å². The molecule has 0 amide bonds. The second-order valence-corrected chi connectivity index (χ2v) is 4.79. The molecule has 0 aromatic heterocycles. The number of ether oxygens (including phenoxy) is 1. The van der Waals surface area contributed by atoms with E-state index in [1.54, 1.807) is 0 Å². The first-order valence-electron chi connectivity index (χ1n) is 5.89. The molecule has 0 heterocycles. The number of hydrogen-bond donors (Lipinski definition) is 0. The van der Waals surface area contributed by atoms with Crippen molar-refractivity contribution in [2.75, 3.05) is 0 Å². The summed E-state index contributed by atoms with van der Waals surface area (Å²) in [4.78, 5) is 0. The van der Waals surface area contributed by atoms with E-state index in [9.17, 15) is 0 Å². The van der Waals surface area contributed by atoms with Crippen molar-refractivity contribution >= 4 is 0 Å². The molecule has 0 fully saturated rings. The summed E-state index contributed by atoms with van der Waals surface area (Å²) in [7, 11) is 0. The zero-order valence-corrected chi connectivity index (χ0v) is 10.6. The van der Waals surface area contributed by atoms with E-state index in [1.165, 1.54) is 11.1 Å². The summed E-state index contributed by atoms with van der Waals surface area (Å²) in [6.45, 7) is 6.27. The molecule has 0 saturated heterocycles. The zero-order chi connectivity index (χ0) is 12.3. The topological polar surface area (TPSA) is 9.23 Å². The molecule has 0 aliphatic heterocycles. The highest BCUT2D eigenvalue weighted by atomic mass is 16.5. The van der Waals surface area contributed by atoms with Gasteiger partial charge in [0.2, 0.25) is 0 Å². The standard InChI is InChI=1S/C16H18O/c1-13-9-11-14(12-10-13)16(2,3)17-15-7-5-4-6-8-15/h4-12H,1-3H3. The minimum absolute atomic E-state index is 0.310. The van der Waals surface area contributed by atoms with Gasteiger partial charge in [-0.15, -0.1) is 0 Å². The van der Waals surface area contributed by atoms with Gasteiger partial charge in [-0.3, -0.25) is 0 Å². The van der Waals surface area contributed by atoms with Gasteiger partial charge in [0, 0.05) is 0 Å². The zero-order valence-electron chi connectivity index (χ0n) is 10.6. The average Bonchev–Trinajstić information content (AvgIpc) is 2.30. The largest absolute Gasteiger partial charge is 0.483 e. The molecule has 1 heteroatoms. The third kappa shape index (κ3) is 2.88. The third-order valence-corrected chi connectivity index (χ3v) is 2.86. The van der Waals surface area contributed by atoms with Crippen LogP contribution in [0.4, 0.5) is 0 Å². The van der Waals surface area contributed by atoms with Crippen LogP contribution in [-0.4, -0.2) is 0 Å². The van der Waals surface area contributed by atoms with E-state index in [-0.39, 0.29) is 5.60 Å². The lowest BCUT2D eigenvalue weighted by Crippen LogP contribution is -2.25. The molecule has 1 nitrogen and oxygen atoms in total. The smallest absolute Gasteiger partial charge is 0.128 e. The Morgan fingerprint density at radius 1 is 0.824 bits per heavy atom. The number of benzene rings is 2. The van der Waals surface area contributed by atoms with Crippen LogP contribution in [0.2, 0.25) is 0 Å². The monoisotopic (exact) mass is 226 g/mol. The molecule has 0 N–H and O–H groups in total. The summed E-state index contributed by atoms with van der Waals surface area (Å²) in [5.74, 6) is 0.901. The third-order valence-electron chi connectivity index (χ3n) is 2.86. The van der Waals surface area contributed by atoms with Crippen molar-refractivity contribution in [3.63, 3.8) is 0 Å². The van der Waals surface area contributed by atoms with Gasteiger partial charge in [-0.05, 0) is 38.5 Å². The van der Waals surface area contributed by atoms with E-state index in [2.05, 4.69) is 45.0 Å². The van der Waals surface area contributed by atoms with Crippen LogP contribution in [0.3, 0.4) is 0 Å². The molecular formula is C16H18O. The van der Waals surface area contributed by atoms with Crippen molar-refractivity contribution in [1.29, 1.82) is 0 Å². The molecule has 0 aliphatic carbocycles. The highest BCUT2D eigenvalue weighted by Crippen LogP contribution is 2.27. The van der Waals surface area contributed by atoms with Gasteiger partial charge in [-0.1, -0.05) is 48.0 Å². The second kappa shape index (κ2) is 4.62. The van der Waals surface area contributed by atoms with Crippen molar-refractivity contribution in [3.8, 4) is 5.75 Å². The summed E-state index contributed by atoms with van der Waals surface area (Å²) >= 11 is 0. The van der Waals surface area contributed by atoms with Gasteiger partial charge in [0.1, 0.15) is 11.4 Å². The minimum Gasteiger partial charge on any atom is -0.483 e. The van der Waals surface area contributed by atoms with Crippen molar-refractivity contribution in [1.82, 2.24) is 0 Å². The molecule has 0 atom stereocenters. The second-order valence-electron chi connectivity index (χ2n) is 4.79. The van der Waals surface area contributed by atoms with Gasteiger partial charge in [0.15, 0.2) is 0 Å². The van der Waals surface area contributed by atoms with Crippen LogP contribution in [0.1, 0.15) is 25.0 Å². The average molecular weight is 226 g/mol. The van der Waals surface area contributed by atoms with Crippen LogP contribution in [0, 0.1) is 6.92 Å². The Balaban J connectivity index is 2.21. The first-order valence-corrected chi connectivity index (χ1v) is 5.89. The minimum atomic E-state index is -0.310. The van der Waals surface area contributed by atoms with Gasteiger partial charge in [0.05, 0.1) is 0 Å². The molecule has 17 heavy (non-hydrogen) atoms. The van der Waals surface area contributed by atoms with Gasteiger partial charge >= 0.3 is 0 Å². The Morgan fingerprint density at radius 3 is 2.00 bits per heavy atom. The maximum atomic E-state index is 6.03. The van der Waals surface area contributed by atoms with Crippen LogP contribution in [0.25, 0.3) is 0 Å². The normalized spacial score (nSPS) is 11.2. The lowest BCUT2D eigenvalue weighted by atomic mass is 9.97. The van der Waals surface area contributed by atoms with Crippen LogP contribution >= 0.6 is 0 Å². The van der Waals surface area contributed by atoms with Gasteiger partial charge < -0.3 is 4.74 Å². The van der Waals surface area contributed by atoms with Crippen LogP contribution in [-0.2, 0) is 5.60 Å². The maximum Gasteiger partial charge on any atom is 0.128 e. The molecule has 0 bridgehead atoms. The summed E-state index contributed by atoms with van der Waals surface area (Å²) in [6, 6.07) is 18.4. The van der Waals surface area contributed by atoms with Crippen LogP contribution < -0.4 is 4.74 Å². The molecule has 88 valence electrons. The molecule has 2 aromatic carbocycles. The van der Waals surface area contributed by atoms with E-state index >= 15 is 0 Å². The van der Waals surface area contributed by atoms with E-state index in [4.69, 9.17) is 4.74 Å². The first-order chi connectivity index (χ1) is 8.08. The predicted molar refractivity (Wildman–Crippen MR) is 71.3 cm³/mol. The Labute approximate surface area is 103 Å². The lowest BCUT2D eigenvalue weighted by molar-refractivity contribution is 0.109. The van der Waals surface area contributed by atoms with Crippen molar-refractivity contribution in [3.05, 3.63) is 65.7 Å². The van der Waals surface area contributed by atoms with Crippen LogP contribution in [0.15, 0.2) is 54.6 Å². The first kappa shape index (κ1) is 11.7. The van der Waals surface area contributed by atoms with Gasteiger partial charge in [-0.25, -0.2) is 0 Å². The Kier molecular flexibility index (Phi) is 3.19. The summed E-state index contributed by atoms with van der Waals surface area (Å²) in [6.07, 6.45) is 0. The number of para-hydroxylation sites is 1. The maximum absolute atomic E-state index is 6.03. The van der Waals surface area contributed by atoms with E-state index < -0.39 is 0 Å². The molecule has 2 rings (SSSR count). The van der Waals surface area contributed by atoms with E-state index in [1.807, 2.05) is 30.3 Å². The van der Waals surface area contributed by atoms with Gasteiger partial charge in [-0.2, -0.15) is 0 Å². The predicted octanol–water partition coefficient (Wildman–Crippen LogP) is 4.31. The fourth-order valence-electron chi connectivity index (χ4n) is 1.80. The molecular weight excluding hydrogens is 208 g/mol. The van der Waals surface area contributed by atoms with Crippen molar-refractivity contribution in [2.45, 2.75) is 26.4 Å². The lowest BCUT2D eigenvalue weighted by Gasteiger charge is -2.27. The fraction of sp³-hybridized carbons (Fsp3) is 0.250. The van der Waals surface area contributed by atoms with Crippen molar-refractivity contribution < 1.29 is 4.74 Å². The van der Waals surface area contributed by atoms with Gasteiger partial charge in [0.25, 0.3) is 0 Å². The molecule has 2 aromatic rings. The van der Waals surface area contributed by atoms with E-state index in [0.717, 1.165) is 5.75 Å².